The highest BCUT2D eigenvalue weighted by Gasteiger charge is 2.42. The van der Waals surface area contributed by atoms with Gasteiger partial charge in [-0.1, -0.05) is 11.6 Å². The summed E-state index contributed by atoms with van der Waals surface area (Å²) >= 11 is 5.85. The van der Waals surface area contributed by atoms with Crippen molar-refractivity contribution in [1.29, 1.82) is 0 Å². The molecule has 3 rings (SSSR count). The average Bonchev–Trinajstić information content (AvgIpc) is 2.78. The van der Waals surface area contributed by atoms with Gasteiger partial charge in [-0.2, -0.15) is 0 Å². The van der Waals surface area contributed by atoms with Gasteiger partial charge < -0.3 is 24.8 Å². The van der Waals surface area contributed by atoms with Crippen LogP contribution in [0.1, 0.15) is 18.5 Å². The number of ether oxygens (including phenoxy) is 3. The zero-order valence-corrected chi connectivity index (χ0v) is 19.7. The fourth-order valence-corrected chi connectivity index (χ4v) is 4.76. The summed E-state index contributed by atoms with van der Waals surface area (Å²) in [5, 5.41) is 6.34. The van der Waals surface area contributed by atoms with Gasteiger partial charge in [0, 0.05) is 22.3 Å². The van der Waals surface area contributed by atoms with E-state index in [-0.39, 0.29) is 17.2 Å². The maximum Gasteiger partial charge on any atom is 0.319 e. The number of urea groups is 1. The van der Waals surface area contributed by atoms with Crippen LogP contribution in [-0.2, 0) is 19.4 Å². The van der Waals surface area contributed by atoms with Gasteiger partial charge in [0.1, 0.15) is 17.4 Å². The Kier molecular flexibility index (Phi) is 7.50. The lowest BCUT2D eigenvalue weighted by Crippen LogP contribution is -2.51. The number of halogens is 1. The van der Waals surface area contributed by atoms with Gasteiger partial charge in [0.05, 0.1) is 37.2 Å². The maximum absolute atomic E-state index is 13.0. The molecule has 2 N–H and O–H groups in total. The van der Waals surface area contributed by atoms with Gasteiger partial charge in [-0.15, -0.1) is 0 Å². The summed E-state index contributed by atoms with van der Waals surface area (Å²) < 4.78 is 41.9. The van der Waals surface area contributed by atoms with E-state index >= 15 is 0 Å². The number of hydrogen-bond acceptors (Lipinski definition) is 7. The van der Waals surface area contributed by atoms with E-state index in [2.05, 4.69) is 10.6 Å². The quantitative estimate of drug-likeness (QED) is 0.567. The van der Waals surface area contributed by atoms with Crippen LogP contribution in [-0.4, -0.2) is 41.2 Å². The van der Waals surface area contributed by atoms with Crippen molar-refractivity contribution >= 4 is 33.4 Å². The van der Waals surface area contributed by atoms with E-state index in [0.717, 1.165) is 5.41 Å². The van der Waals surface area contributed by atoms with Gasteiger partial charge >= 0.3 is 12.0 Å². The first-order valence-corrected chi connectivity index (χ1v) is 11.8. The molecule has 1 fully saturated rings. The van der Waals surface area contributed by atoms with E-state index in [0.29, 0.717) is 22.1 Å². The molecule has 0 unspecified atom stereocenters. The molecule has 0 radical (unpaired) electrons. The number of nitrogens with one attached hydrogen (secondary N) is 2. The maximum atomic E-state index is 13.0. The van der Waals surface area contributed by atoms with E-state index in [1.165, 1.54) is 38.5 Å². The zero-order valence-electron chi connectivity index (χ0n) is 18.1. The number of hydrogen-bond donors (Lipinski definition) is 2. The smallest absolute Gasteiger partial charge is 0.319 e. The molecule has 1 aliphatic heterocycles. The molecule has 9 nitrogen and oxygen atoms in total. The minimum Gasteiger partial charge on any atom is -0.497 e. The number of methoxy groups -OCH3 is 2. The van der Waals surface area contributed by atoms with Crippen LogP contribution >= 0.6 is 11.6 Å². The van der Waals surface area contributed by atoms with E-state index < -0.39 is 33.8 Å². The third-order valence-electron chi connectivity index (χ3n) is 4.95. The summed E-state index contributed by atoms with van der Waals surface area (Å²) in [6, 6.07) is 8.75. The van der Waals surface area contributed by atoms with E-state index in [4.69, 9.17) is 25.8 Å². The monoisotopic (exact) mass is 494 g/mol. The highest BCUT2D eigenvalue weighted by Crippen LogP contribution is 2.38. The molecular formula is C22H23ClN2O7S. The number of esters is 1. The predicted octanol–water partition coefficient (Wildman–Crippen LogP) is 3.21. The second-order valence-electron chi connectivity index (χ2n) is 6.99. The number of sulfone groups is 1. The minimum absolute atomic E-state index is 0.0478. The molecule has 2 atom stereocenters. The van der Waals surface area contributed by atoms with E-state index in [9.17, 15) is 18.0 Å². The molecule has 2 aromatic rings. The van der Waals surface area contributed by atoms with E-state index in [1.807, 2.05) is 0 Å². The molecule has 2 aromatic carbocycles. The molecule has 0 aromatic heterocycles. The van der Waals surface area contributed by atoms with Crippen molar-refractivity contribution in [1.82, 2.24) is 10.6 Å². The van der Waals surface area contributed by atoms with Gasteiger partial charge in [0.2, 0.25) is 9.84 Å². The molecule has 1 heterocycles. The summed E-state index contributed by atoms with van der Waals surface area (Å²) in [4.78, 5) is 25.4. The van der Waals surface area contributed by atoms with Crippen LogP contribution in [0.25, 0.3) is 0 Å². The van der Waals surface area contributed by atoms with Crippen LogP contribution in [0.5, 0.6) is 11.5 Å². The van der Waals surface area contributed by atoms with Crippen molar-refractivity contribution in [3.8, 4) is 11.5 Å². The Bertz CT molecular complexity index is 1180. The number of carbonyl (C=O) groups excluding carboxylic acids is 2. The van der Waals surface area contributed by atoms with Gasteiger partial charge in [-0.25, -0.2) is 13.2 Å². The van der Waals surface area contributed by atoms with Crippen LogP contribution in [0.15, 0.2) is 58.5 Å². The van der Waals surface area contributed by atoms with Crippen LogP contribution in [0.4, 0.5) is 4.79 Å². The summed E-state index contributed by atoms with van der Waals surface area (Å²) in [6.07, 6.45) is 0. The normalized spacial score (nSPS) is 19.4. The standard InChI is InChI=1S/C22H23ClN2O7S/c1-4-32-21(26)19-17(12-33(28,29)15-8-5-13(23)6-9-15)24-22(27)25-20(19)16-10-7-14(30-2)11-18(16)31-3/h5-12,19-20H,4H2,1-3H3,(H2,24,25,27)/b17-12+/t19-,20-/m1/s1. The van der Waals surface area contributed by atoms with Crippen molar-refractivity contribution in [3.05, 3.63) is 64.2 Å². The van der Waals surface area contributed by atoms with Crippen molar-refractivity contribution < 1.29 is 32.2 Å². The molecular weight excluding hydrogens is 472 g/mol. The SMILES string of the molecule is CCOC(=O)[C@@H]1/C(=C\S(=O)(=O)c2ccc(Cl)cc2)NC(=O)N[C@@H]1c1ccc(OC)cc1OC. The third kappa shape index (κ3) is 5.40. The fraction of sp³-hybridized carbons (Fsp3) is 0.273. The summed E-state index contributed by atoms with van der Waals surface area (Å²) in [7, 11) is -1.11. The van der Waals surface area contributed by atoms with Crippen molar-refractivity contribution in [2.75, 3.05) is 20.8 Å². The van der Waals surface area contributed by atoms with Crippen LogP contribution in [0.3, 0.4) is 0 Å². The molecule has 11 heteroatoms. The molecule has 0 spiro atoms. The largest absolute Gasteiger partial charge is 0.497 e. The predicted molar refractivity (Wildman–Crippen MR) is 121 cm³/mol. The number of amides is 2. The minimum atomic E-state index is -4.04. The molecule has 0 aliphatic carbocycles. The number of benzene rings is 2. The first-order chi connectivity index (χ1) is 15.7. The Morgan fingerprint density at radius 2 is 1.82 bits per heavy atom. The van der Waals surface area contributed by atoms with Crippen LogP contribution in [0, 0.1) is 5.92 Å². The lowest BCUT2D eigenvalue weighted by molar-refractivity contribution is -0.147. The average molecular weight is 495 g/mol. The molecule has 33 heavy (non-hydrogen) atoms. The Hall–Kier alpha value is -3.24. The molecule has 1 aliphatic rings. The van der Waals surface area contributed by atoms with Crippen LogP contribution in [0.2, 0.25) is 5.02 Å². The Morgan fingerprint density at radius 3 is 2.42 bits per heavy atom. The Morgan fingerprint density at radius 1 is 1.12 bits per heavy atom. The third-order valence-corrected chi connectivity index (χ3v) is 6.70. The van der Waals surface area contributed by atoms with Crippen molar-refractivity contribution in [3.63, 3.8) is 0 Å². The number of carbonyl (C=O) groups is 2. The van der Waals surface area contributed by atoms with E-state index in [1.54, 1.807) is 25.1 Å². The molecule has 176 valence electrons. The van der Waals surface area contributed by atoms with Gasteiger partial charge in [-0.05, 0) is 43.3 Å². The Labute approximate surface area is 196 Å². The molecule has 1 saturated heterocycles. The first kappa shape index (κ1) is 24.4. The lowest BCUT2D eigenvalue weighted by Gasteiger charge is -2.34. The first-order valence-electron chi connectivity index (χ1n) is 9.88. The van der Waals surface area contributed by atoms with Crippen molar-refractivity contribution in [2.45, 2.75) is 17.9 Å². The molecule has 2 amide bonds. The highest BCUT2D eigenvalue weighted by atomic mass is 35.5. The summed E-state index contributed by atoms with van der Waals surface area (Å²) in [6.45, 7) is 1.69. The topological polar surface area (TPSA) is 120 Å². The van der Waals surface area contributed by atoms with Gasteiger partial charge in [-0.3, -0.25) is 4.79 Å². The van der Waals surface area contributed by atoms with Gasteiger partial charge in [0.15, 0.2) is 0 Å². The summed E-state index contributed by atoms with van der Waals surface area (Å²) in [5.74, 6) is -1.06. The lowest BCUT2D eigenvalue weighted by atomic mass is 9.88. The Balaban J connectivity index is 2.14. The van der Waals surface area contributed by atoms with Crippen molar-refractivity contribution in [2.24, 2.45) is 5.92 Å². The number of rotatable bonds is 7. The molecule has 0 bridgehead atoms. The zero-order chi connectivity index (χ0) is 24.2. The second kappa shape index (κ2) is 10.1. The fourth-order valence-electron chi connectivity index (χ4n) is 3.44. The van der Waals surface area contributed by atoms with Crippen LogP contribution < -0.4 is 20.1 Å². The second-order valence-corrected chi connectivity index (χ2v) is 9.22. The van der Waals surface area contributed by atoms with Gasteiger partial charge in [0.25, 0.3) is 0 Å². The highest BCUT2D eigenvalue weighted by molar-refractivity contribution is 7.94. The molecule has 0 saturated carbocycles. The summed E-state index contributed by atoms with van der Waals surface area (Å²) in [5.41, 5.74) is 0.316.